The van der Waals surface area contributed by atoms with E-state index in [2.05, 4.69) is 26.9 Å². The highest BCUT2D eigenvalue weighted by Crippen LogP contribution is 2.26. The Bertz CT molecular complexity index is 384. The minimum absolute atomic E-state index is 0.800. The van der Waals surface area contributed by atoms with Gasteiger partial charge in [0.05, 0.1) is 0 Å². The number of rotatable bonds is 2. The number of hydrogen-bond donors (Lipinski definition) is 0. The number of carbonyl (C=O) groups excluding carboxylic acids is 1. The molecule has 0 amide bonds. The average Bonchev–Trinajstić information content (AvgIpc) is 2.28. The maximum atomic E-state index is 11.1. The number of carbonyl (C=O) groups is 1. The molecule has 1 aliphatic heterocycles. The lowest BCUT2D eigenvalue weighted by Crippen LogP contribution is -2.27. The second-order valence-corrected chi connectivity index (χ2v) is 5.49. The van der Waals surface area contributed by atoms with Crippen LogP contribution in [0.1, 0.15) is 42.5 Å². The topological polar surface area (TPSA) is 20.3 Å². The van der Waals surface area contributed by atoms with Crippen molar-refractivity contribution in [2.24, 2.45) is 0 Å². The van der Waals surface area contributed by atoms with Crippen LogP contribution < -0.4 is 4.90 Å². The minimum atomic E-state index is 0.800. The first-order chi connectivity index (χ1) is 8.31. The van der Waals surface area contributed by atoms with Crippen LogP contribution in [0.15, 0.2) is 22.7 Å². The van der Waals surface area contributed by atoms with Gasteiger partial charge in [-0.05, 0) is 31.0 Å². The van der Waals surface area contributed by atoms with Crippen LogP contribution >= 0.6 is 15.9 Å². The van der Waals surface area contributed by atoms with Crippen molar-refractivity contribution in [3.63, 3.8) is 0 Å². The minimum Gasteiger partial charge on any atom is -0.371 e. The number of hydrogen-bond acceptors (Lipinski definition) is 2. The van der Waals surface area contributed by atoms with Crippen molar-refractivity contribution in [2.45, 2.75) is 32.1 Å². The molecule has 1 aromatic carbocycles. The van der Waals surface area contributed by atoms with Gasteiger partial charge < -0.3 is 4.90 Å². The third-order valence-corrected chi connectivity index (χ3v) is 3.81. The normalized spacial score (nSPS) is 17.4. The van der Waals surface area contributed by atoms with Crippen LogP contribution in [0.4, 0.5) is 5.69 Å². The molecule has 0 unspecified atom stereocenters. The quantitative estimate of drug-likeness (QED) is 0.768. The lowest BCUT2D eigenvalue weighted by molar-refractivity contribution is 0.112. The molecular formula is C14H18BrNO. The molecule has 1 aliphatic rings. The maximum absolute atomic E-state index is 11.1. The van der Waals surface area contributed by atoms with Crippen molar-refractivity contribution >= 4 is 27.9 Å². The third-order valence-electron chi connectivity index (χ3n) is 3.32. The molecule has 0 atom stereocenters. The monoisotopic (exact) mass is 295 g/mol. The number of halogens is 1. The molecule has 0 spiro atoms. The van der Waals surface area contributed by atoms with Gasteiger partial charge >= 0.3 is 0 Å². The van der Waals surface area contributed by atoms with Crippen LogP contribution in [0.25, 0.3) is 0 Å². The van der Waals surface area contributed by atoms with Crippen LogP contribution in [0.5, 0.6) is 0 Å². The second kappa shape index (κ2) is 6.20. The SMILES string of the molecule is O=Cc1ccc(Br)cc1N1CCCCCCC1. The van der Waals surface area contributed by atoms with Crippen LogP contribution in [-0.2, 0) is 0 Å². The summed E-state index contributed by atoms with van der Waals surface area (Å²) in [5.74, 6) is 0. The molecule has 1 heterocycles. The van der Waals surface area contributed by atoms with Crippen molar-refractivity contribution in [3.05, 3.63) is 28.2 Å². The van der Waals surface area contributed by atoms with E-state index in [1.807, 2.05) is 12.1 Å². The molecule has 92 valence electrons. The molecule has 0 aromatic heterocycles. The molecule has 0 aliphatic carbocycles. The predicted octanol–water partition coefficient (Wildman–Crippen LogP) is 4.03. The summed E-state index contributed by atoms with van der Waals surface area (Å²) in [5.41, 5.74) is 1.88. The van der Waals surface area contributed by atoms with E-state index >= 15 is 0 Å². The van der Waals surface area contributed by atoms with E-state index in [-0.39, 0.29) is 0 Å². The molecule has 17 heavy (non-hydrogen) atoms. The van der Waals surface area contributed by atoms with Crippen molar-refractivity contribution in [1.29, 1.82) is 0 Å². The van der Waals surface area contributed by atoms with Gasteiger partial charge in [0, 0.05) is 28.8 Å². The van der Waals surface area contributed by atoms with E-state index < -0.39 is 0 Å². The summed E-state index contributed by atoms with van der Waals surface area (Å²) in [4.78, 5) is 13.4. The van der Waals surface area contributed by atoms with Crippen molar-refractivity contribution < 1.29 is 4.79 Å². The largest absolute Gasteiger partial charge is 0.371 e. The van der Waals surface area contributed by atoms with Gasteiger partial charge in [-0.25, -0.2) is 0 Å². The van der Waals surface area contributed by atoms with E-state index in [1.54, 1.807) is 0 Å². The van der Waals surface area contributed by atoms with Crippen LogP contribution in [0.2, 0.25) is 0 Å². The Hall–Kier alpha value is -0.830. The summed E-state index contributed by atoms with van der Waals surface area (Å²) in [6, 6.07) is 5.88. The molecule has 2 rings (SSSR count). The van der Waals surface area contributed by atoms with Gasteiger partial charge in [-0.3, -0.25) is 4.79 Å². The van der Waals surface area contributed by atoms with E-state index in [9.17, 15) is 4.79 Å². The zero-order chi connectivity index (χ0) is 12.1. The van der Waals surface area contributed by atoms with Crippen molar-refractivity contribution in [3.8, 4) is 0 Å². The van der Waals surface area contributed by atoms with Gasteiger partial charge in [0.2, 0.25) is 0 Å². The molecule has 2 nitrogen and oxygen atoms in total. The summed E-state index contributed by atoms with van der Waals surface area (Å²) in [5, 5.41) is 0. The second-order valence-electron chi connectivity index (χ2n) is 4.58. The Kier molecular flexibility index (Phi) is 4.60. The third kappa shape index (κ3) is 3.32. The Morgan fingerprint density at radius 3 is 2.35 bits per heavy atom. The molecule has 1 fully saturated rings. The first-order valence-corrected chi connectivity index (χ1v) is 7.10. The zero-order valence-electron chi connectivity index (χ0n) is 9.99. The van der Waals surface area contributed by atoms with Gasteiger partial charge in [-0.1, -0.05) is 35.2 Å². The molecule has 3 heteroatoms. The molecule has 1 aromatic rings. The number of aldehydes is 1. The standard InChI is InChI=1S/C14H18BrNO/c15-13-7-6-12(11-17)14(10-13)16-8-4-2-1-3-5-9-16/h6-7,10-11H,1-5,8-9H2. The lowest BCUT2D eigenvalue weighted by Gasteiger charge is -2.28. The molecule has 0 N–H and O–H groups in total. The number of anilines is 1. The molecule has 0 saturated carbocycles. The highest BCUT2D eigenvalue weighted by Gasteiger charge is 2.12. The molecule has 0 bridgehead atoms. The highest BCUT2D eigenvalue weighted by molar-refractivity contribution is 9.10. The van der Waals surface area contributed by atoms with Crippen molar-refractivity contribution in [2.75, 3.05) is 18.0 Å². The van der Waals surface area contributed by atoms with E-state index in [0.29, 0.717) is 0 Å². The van der Waals surface area contributed by atoms with Gasteiger partial charge in [0.15, 0.2) is 6.29 Å². The summed E-state index contributed by atoms with van der Waals surface area (Å²) in [7, 11) is 0. The van der Waals surface area contributed by atoms with Gasteiger partial charge in [-0.15, -0.1) is 0 Å². The number of benzene rings is 1. The summed E-state index contributed by atoms with van der Waals surface area (Å²) < 4.78 is 1.04. The zero-order valence-corrected chi connectivity index (χ0v) is 11.6. The van der Waals surface area contributed by atoms with Gasteiger partial charge in [0.25, 0.3) is 0 Å². The van der Waals surface area contributed by atoms with E-state index in [4.69, 9.17) is 0 Å². The molecular weight excluding hydrogens is 278 g/mol. The van der Waals surface area contributed by atoms with Crippen LogP contribution in [0, 0.1) is 0 Å². The first-order valence-electron chi connectivity index (χ1n) is 6.31. The van der Waals surface area contributed by atoms with Crippen LogP contribution in [0.3, 0.4) is 0 Å². The summed E-state index contributed by atoms with van der Waals surface area (Å²) in [6.45, 7) is 2.13. The smallest absolute Gasteiger partial charge is 0.152 e. The fraction of sp³-hybridized carbons (Fsp3) is 0.500. The summed E-state index contributed by atoms with van der Waals surface area (Å²) >= 11 is 3.48. The van der Waals surface area contributed by atoms with Gasteiger partial charge in [0.1, 0.15) is 0 Å². The van der Waals surface area contributed by atoms with E-state index in [0.717, 1.165) is 35.1 Å². The Morgan fingerprint density at radius 2 is 1.71 bits per heavy atom. The average molecular weight is 296 g/mol. The molecule has 1 saturated heterocycles. The molecule has 0 radical (unpaired) electrons. The summed E-state index contributed by atoms with van der Waals surface area (Å²) in [6.07, 6.45) is 7.38. The highest BCUT2D eigenvalue weighted by atomic mass is 79.9. The first kappa shape index (κ1) is 12.6. The fourth-order valence-electron chi connectivity index (χ4n) is 2.38. The predicted molar refractivity (Wildman–Crippen MR) is 74.8 cm³/mol. The Labute approximate surface area is 111 Å². The van der Waals surface area contributed by atoms with Crippen LogP contribution in [-0.4, -0.2) is 19.4 Å². The fourth-order valence-corrected chi connectivity index (χ4v) is 2.73. The Balaban J connectivity index is 2.23. The number of nitrogens with zero attached hydrogens (tertiary/aromatic N) is 1. The Morgan fingerprint density at radius 1 is 1.06 bits per heavy atom. The van der Waals surface area contributed by atoms with E-state index in [1.165, 1.54) is 32.1 Å². The lowest BCUT2D eigenvalue weighted by atomic mass is 10.1. The maximum Gasteiger partial charge on any atom is 0.152 e. The van der Waals surface area contributed by atoms with Crippen molar-refractivity contribution in [1.82, 2.24) is 0 Å². The van der Waals surface area contributed by atoms with Gasteiger partial charge in [-0.2, -0.15) is 0 Å².